The zero-order valence-corrected chi connectivity index (χ0v) is 8.78. The fourth-order valence-electron chi connectivity index (χ4n) is 0.521. The van der Waals surface area contributed by atoms with Gasteiger partial charge in [0.1, 0.15) is 0 Å². The third-order valence-corrected chi connectivity index (χ3v) is 1.62. The van der Waals surface area contributed by atoms with Gasteiger partial charge in [0.2, 0.25) is 0 Å². The lowest BCUT2D eigenvalue weighted by Crippen LogP contribution is -1.80. The Hall–Kier alpha value is 0.765. The first-order chi connectivity index (χ1) is 4.27. The first-order valence-corrected chi connectivity index (χ1v) is 5.05. The zero-order chi connectivity index (χ0) is 7.11. The molecule has 0 aliphatic rings. The number of hydrogen-bond donors (Lipinski definition) is 0. The maximum absolute atomic E-state index is 3.36. The van der Waals surface area contributed by atoms with Gasteiger partial charge in [-0.15, -0.1) is 31.5 Å². The van der Waals surface area contributed by atoms with Crippen LogP contribution in [-0.2, 0) is 0 Å². The van der Waals surface area contributed by atoms with Crippen molar-refractivity contribution >= 4 is 35.9 Å². The highest BCUT2D eigenvalue weighted by Gasteiger charge is 1.93. The van der Waals surface area contributed by atoms with E-state index in [1.54, 1.807) is 0 Å². The summed E-state index contributed by atoms with van der Waals surface area (Å²) in [5, 5.41) is 0. The lowest BCUT2D eigenvalue weighted by molar-refractivity contribution is 0.815. The molecule has 52 valence electrons. The molecule has 0 heterocycles. The molecule has 0 spiro atoms. The van der Waals surface area contributed by atoms with Crippen molar-refractivity contribution in [2.24, 2.45) is 0 Å². The summed E-state index contributed by atoms with van der Waals surface area (Å²) < 4.78 is 0.349. The molecule has 0 saturated heterocycles. The van der Waals surface area contributed by atoms with E-state index in [0.29, 0.717) is 4.36 Å². The van der Waals surface area contributed by atoms with E-state index in [1.807, 2.05) is 0 Å². The third-order valence-electron chi connectivity index (χ3n) is 1.01. The van der Waals surface area contributed by atoms with E-state index in [-0.39, 0.29) is 0 Å². The lowest BCUT2D eigenvalue weighted by atomic mass is 10.1. The van der Waals surface area contributed by atoms with Crippen molar-refractivity contribution in [2.75, 3.05) is 0 Å². The Bertz CT molecular complexity index is 81.1. The summed E-state index contributed by atoms with van der Waals surface area (Å²) >= 11 is 6.71. The summed E-state index contributed by atoms with van der Waals surface area (Å²) in [5.74, 6) is 2.11. The van der Waals surface area contributed by atoms with Crippen LogP contribution in [0.4, 0.5) is 0 Å². The molecule has 0 fully saturated rings. The van der Waals surface area contributed by atoms with Crippen LogP contribution in [-0.4, -0.2) is 4.36 Å². The van der Waals surface area contributed by atoms with E-state index in [1.165, 1.54) is 19.3 Å². The van der Waals surface area contributed by atoms with Crippen molar-refractivity contribution in [3.63, 3.8) is 0 Å². The van der Waals surface area contributed by atoms with Crippen LogP contribution in [0.15, 0.2) is 12.1 Å². The minimum atomic E-state index is 0.349. The predicted octanol–water partition coefficient (Wildman–Crippen LogP) is 3.55. The molecule has 0 rings (SSSR count). The van der Waals surface area contributed by atoms with Gasteiger partial charge in [-0.3, -0.25) is 0 Å². The molecule has 0 aromatic rings. The van der Waals surface area contributed by atoms with Gasteiger partial charge >= 0.3 is 4.36 Å². The minimum Gasteiger partial charge on any atom is -0.133 e. The van der Waals surface area contributed by atoms with Gasteiger partial charge in [-0.25, -0.2) is 0 Å². The summed E-state index contributed by atoms with van der Waals surface area (Å²) in [6, 6.07) is 0. The van der Waals surface area contributed by atoms with E-state index in [4.69, 9.17) is 0 Å². The van der Waals surface area contributed by atoms with Gasteiger partial charge in [-0.1, -0.05) is 31.8 Å². The van der Waals surface area contributed by atoms with Crippen LogP contribution in [0.1, 0.15) is 26.2 Å². The molecule has 0 atom stereocenters. The van der Waals surface area contributed by atoms with E-state index < -0.39 is 0 Å². The predicted molar refractivity (Wildman–Crippen MR) is 52.3 cm³/mol. The average Bonchev–Trinajstić information content (AvgIpc) is 1.80. The normalized spacial score (nSPS) is 10.6. The second kappa shape index (κ2) is 6.88. The van der Waals surface area contributed by atoms with Crippen LogP contribution in [0.25, 0.3) is 0 Å². The van der Waals surface area contributed by atoms with Gasteiger partial charge in [-0.05, 0) is 6.42 Å². The highest BCUT2D eigenvalue weighted by Crippen LogP contribution is 2.04. The van der Waals surface area contributed by atoms with Crippen LogP contribution >= 0.6 is 31.5 Å². The van der Waals surface area contributed by atoms with E-state index in [2.05, 4.69) is 50.5 Å². The summed E-state index contributed by atoms with van der Waals surface area (Å²) in [4.78, 5) is 0. The van der Waals surface area contributed by atoms with Gasteiger partial charge in [0.25, 0.3) is 0 Å². The minimum absolute atomic E-state index is 0.349. The fourth-order valence-corrected chi connectivity index (χ4v) is 0.953. The molecule has 0 aromatic heterocycles. The molecule has 9 heavy (non-hydrogen) atoms. The van der Waals surface area contributed by atoms with E-state index in [0.717, 1.165) is 0 Å². The molecule has 0 nitrogen and oxygen atoms in total. The topological polar surface area (TPSA) is 0 Å². The van der Waals surface area contributed by atoms with E-state index in [9.17, 15) is 0 Å². The Kier molecular flexibility index (Phi) is 7.46. The van der Waals surface area contributed by atoms with Crippen LogP contribution in [0.3, 0.4) is 0 Å². The maximum Gasteiger partial charge on any atom is 0.322 e. The SMILES string of the molecule is CCCC/C=C/B(Br)Br. The average molecular weight is 254 g/mol. The van der Waals surface area contributed by atoms with E-state index >= 15 is 0 Å². The Morgan fingerprint density at radius 3 is 2.56 bits per heavy atom. The van der Waals surface area contributed by atoms with Crippen LogP contribution in [0, 0.1) is 0 Å². The van der Waals surface area contributed by atoms with Gasteiger partial charge in [0, 0.05) is 0 Å². The standard InChI is InChI=1S/C6H11BBr2/c1-2-3-4-5-6-7(8)9/h5-6H,2-4H2,1H3/b6-5+. The van der Waals surface area contributed by atoms with Crippen LogP contribution < -0.4 is 0 Å². The summed E-state index contributed by atoms with van der Waals surface area (Å²) in [5.41, 5.74) is 0. The van der Waals surface area contributed by atoms with Crippen LogP contribution in [0.5, 0.6) is 0 Å². The van der Waals surface area contributed by atoms with Gasteiger partial charge in [-0.2, -0.15) is 0 Å². The Balaban J connectivity index is 3.04. The monoisotopic (exact) mass is 252 g/mol. The van der Waals surface area contributed by atoms with Gasteiger partial charge < -0.3 is 0 Å². The smallest absolute Gasteiger partial charge is 0.133 e. The summed E-state index contributed by atoms with van der Waals surface area (Å²) in [6.07, 6.45) is 5.96. The largest absolute Gasteiger partial charge is 0.322 e. The second-order valence-corrected chi connectivity index (χ2v) is 5.11. The molecule has 0 aromatic carbocycles. The maximum atomic E-state index is 3.36. The highest BCUT2D eigenvalue weighted by atomic mass is 79.9. The molecule has 0 saturated carbocycles. The van der Waals surface area contributed by atoms with Crippen molar-refractivity contribution in [1.82, 2.24) is 0 Å². The molecule has 3 heteroatoms. The molecule has 0 bridgehead atoms. The first-order valence-electron chi connectivity index (χ1n) is 3.22. The Morgan fingerprint density at radius 1 is 1.44 bits per heavy atom. The first kappa shape index (κ1) is 9.76. The lowest BCUT2D eigenvalue weighted by Gasteiger charge is -1.87. The molecular formula is C6H11BBr2. The third kappa shape index (κ3) is 8.76. The highest BCUT2D eigenvalue weighted by molar-refractivity contribution is 9.49. The zero-order valence-electron chi connectivity index (χ0n) is 5.61. The second-order valence-electron chi connectivity index (χ2n) is 1.90. The number of allylic oxidation sites excluding steroid dienone is 1. The Morgan fingerprint density at radius 2 is 2.11 bits per heavy atom. The number of hydrogen-bond acceptors (Lipinski definition) is 0. The quantitative estimate of drug-likeness (QED) is 0.531. The molecule has 0 aliphatic heterocycles. The molecule has 0 amide bonds. The van der Waals surface area contributed by atoms with Crippen molar-refractivity contribution < 1.29 is 0 Å². The molecule has 0 aliphatic carbocycles. The van der Waals surface area contributed by atoms with Crippen molar-refractivity contribution in [2.45, 2.75) is 26.2 Å². The fraction of sp³-hybridized carbons (Fsp3) is 0.667. The van der Waals surface area contributed by atoms with Crippen molar-refractivity contribution in [3.05, 3.63) is 12.1 Å². The molecule has 0 unspecified atom stereocenters. The molecular weight excluding hydrogens is 243 g/mol. The van der Waals surface area contributed by atoms with Crippen LogP contribution in [0.2, 0.25) is 0 Å². The van der Waals surface area contributed by atoms with Crippen molar-refractivity contribution in [1.29, 1.82) is 0 Å². The molecule has 0 N–H and O–H groups in total. The number of halogens is 2. The molecule has 0 radical (unpaired) electrons. The van der Waals surface area contributed by atoms with Gasteiger partial charge in [0.05, 0.1) is 0 Å². The number of rotatable bonds is 4. The Labute approximate surface area is 74.1 Å². The summed E-state index contributed by atoms with van der Waals surface area (Å²) in [7, 11) is 0. The van der Waals surface area contributed by atoms with Gasteiger partial charge in [0.15, 0.2) is 0 Å². The van der Waals surface area contributed by atoms with Crippen molar-refractivity contribution in [3.8, 4) is 0 Å². The number of unbranched alkanes of at least 4 members (excludes halogenated alkanes) is 2. The summed E-state index contributed by atoms with van der Waals surface area (Å²) in [6.45, 7) is 2.20.